The lowest BCUT2D eigenvalue weighted by Crippen LogP contribution is -2.16. The molecule has 0 radical (unpaired) electrons. The van der Waals surface area contributed by atoms with Crippen molar-refractivity contribution in [2.24, 2.45) is 0 Å². The van der Waals surface area contributed by atoms with Gasteiger partial charge in [-0.3, -0.25) is 0 Å². The van der Waals surface area contributed by atoms with E-state index >= 15 is 0 Å². The van der Waals surface area contributed by atoms with Gasteiger partial charge in [-0.25, -0.2) is 9.97 Å². The summed E-state index contributed by atoms with van der Waals surface area (Å²) in [6.07, 6.45) is 4.85. The highest BCUT2D eigenvalue weighted by molar-refractivity contribution is 5.85. The molecular weight excluding hydrogens is 373 g/mol. The molecule has 0 fully saturated rings. The number of fused-ring (bicyclic) bond motifs is 1. The van der Waals surface area contributed by atoms with Gasteiger partial charge in [0.25, 0.3) is 0 Å². The third-order valence-electron chi connectivity index (χ3n) is 4.62. The van der Waals surface area contributed by atoms with Crippen molar-refractivity contribution in [2.75, 3.05) is 25.0 Å². The number of halogens is 2. The van der Waals surface area contributed by atoms with Crippen LogP contribution in [0.4, 0.5) is 5.82 Å². The minimum absolute atomic E-state index is 0. The Morgan fingerprint density at radius 3 is 2.58 bits per heavy atom. The summed E-state index contributed by atoms with van der Waals surface area (Å²) in [7, 11) is 0. The number of aromatic nitrogens is 3. The molecule has 0 unspecified atom stereocenters. The van der Waals surface area contributed by atoms with E-state index in [1.54, 1.807) is 0 Å². The Morgan fingerprint density at radius 1 is 1.12 bits per heavy atom. The molecule has 0 amide bonds. The summed E-state index contributed by atoms with van der Waals surface area (Å²) in [6.45, 7) is 8.98. The molecule has 1 aliphatic heterocycles. The maximum Gasteiger partial charge on any atom is 0.137 e. The van der Waals surface area contributed by atoms with E-state index in [-0.39, 0.29) is 24.8 Å². The van der Waals surface area contributed by atoms with Crippen molar-refractivity contribution in [3.8, 4) is 0 Å². The van der Waals surface area contributed by atoms with Crippen LogP contribution >= 0.6 is 24.8 Å². The van der Waals surface area contributed by atoms with Crippen LogP contribution in [0.15, 0.2) is 4.52 Å². The predicted octanol–water partition coefficient (Wildman–Crippen LogP) is 3.22. The minimum Gasteiger partial charge on any atom is -0.370 e. The van der Waals surface area contributed by atoms with Crippen molar-refractivity contribution in [2.45, 2.75) is 52.9 Å². The van der Waals surface area contributed by atoms with Crippen molar-refractivity contribution in [1.82, 2.24) is 20.4 Å². The van der Waals surface area contributed by atoms with Gasteiger partial charge in [0.1, 0.15) is 17.4 Å². The smallest absolute Gasteiger partial charge is 0.137 e. The molecule has 0 atom stereocenters. The van der Waals surface area contributed by atoms with Gasteiger partial charge >= 0.3 is 0 Å². The number of rotatable bonds is 6. The first kappa shape index (κ1) is 22.7. The Hall–Kier alpha value is -1.37. The number of aryl methyl sites for hydroxylation is 3. The zero-order valence-electron chi connectivity index (χ0n) is 15.7. The second-order valence-electron chi connectivity index (χ2n) is 6.35. The number of hydrogen-bond acceptors (Lipinski definition) is 6. The molecule has 0 aliphatic carbocycles. The van der Waals surface area contributed by atoms with Gasteiger partial charge in [0.05, 0.1) is 11.4 Å². The van der Waals surface area contributed by atoms with Crippen molar-refractivity contribution < 1.29 is 4.52 Å². The zero-order chi connectivity index (χ0) is 16.9. The number of hydrogen-bond donors (Lipinski definition) is 2. The molecule has 3 heterocycles. The number of nitrogens with one attached hydrogen (secondary N) is 2. The van der Waals surface area contributed by atoms with Crippen molar-refractivity contribution >= 4 is 30.6 Å². The molecule has 2 aromatic heterocycles. The summed E-state index contributed by atoms with van der Waals surface area (Å²) in [5, 5.41) is 11.0. The lowest BCUT2D eigenvalue weighted by molar-refractivity contribution is 0.392. The fraction of sp³-hybridized carbons (Fsp3) is 0.611. The second-order valence-corrected chi connectivity index (χ2v) is 6.35. The van der Waals surface area contributed by atoms with Gasteiger partial charge in [0.2, 0.25) is 0 Å². The van der Waals surface area contributed by atoms with E-state index in [4.69, 9.17) is 14.5 Å². The zero-order valence-corrected chi connectivity index (χ0v) is 17.4. The quantitative estimate of drug-likeness (QED) is 0.723. The fourth-order valence-electron chi connectivity index (χ4n) is 3.23. The molecule has 0 aromatic carbocycles. The molecule has 146 valence electrons. The van der Waals surface area contributed by atoms with Crippen LogP contribution in [-0.4, -0.2) is 34.8 Å². The first-order valence-electron chi connectivity index (χ1n) is 8.94. The maximum absolute atomic E-state index is 5.23. The van der Waals surface area contributed by atoms with Gasteiger partial charge in [-0.05, 0) is 39.7 Å². The van der Waals surface area contributed by atoms with Crippen LogP contribution in [0.5, 0.6) is 0 Å². The van der Waals surface area contributed by atoms with E-state index < -0.39 is 0 Å². The standard InChI is InChI=1S/C18H27N5O.2ClH/c1-4-17-21-16-8-11-19-10-7-15(16)18(22-17)20-9-5-6-14-12(2)23-24-13(14)3;;/h19H,4-11H2,1-3H3,(H,20,21,22);2*1H. The molecule has 26 heavy (non-hydrogen) atoms. The second kappa shape index (κ2) is 10.7. The van der Waals surface area contributed by atoms with Gasteiger partial charge in [0.15, 0.2) is 0 Å². The lowest BCUT2D eigenvalue weighted by Gasteiger charge is -2.14. The summed E-state index contributed by atoms with van der Waals surface area (Å²) in [5.74, 6) is 2.89. The molecule has 3 rings (SSSR count). The summed E-state index contributed by atoms with van der Waals surface area (Å²) >= 11 is 0. The summed E-state index contributed by atoms with van der Waals surface area (Å²) in [4.78, 5) is 9.47. The summed E-state index contributed by atoms with van der Waals surface area (Å²) < 4.78 is 5.23. The predicted molar refractivity (Wildman–Crippen MR) is 109 cm³/mol. The molecule has 0 bridgehead atoms. The van der Waals surface area contributed by atoms with Crippen molar-refractivity contribution in [3.05, 3.63) is 34.1 Å². The van der Waals surface area contributed by atoms with Gasteiger partial charge in [-0.1, -0.05) is 12.1 Å². The van der Waals surface area contributed by atoms with E-state index in [2.05, 4.69) is 22.7 Å². The molecular formula is C18H29Cl2N5O. The van der Waals surface area contributed by atoms with Crippen molar-refractivity contribution in [3.63, 3.8) is 0 Å². The van der Waals surface area contributed by atoms with E-state index in [0.29, 0.717) is 0 Å². The molecule has 0 spiro atoms. The molecule has 0 saturated heterocycles. The Kier molecular flexibility index (Phi) is 9.33. The highest BCUT2D eigenvalue weighted by atomic mass is 35.5. The molecule has 6 nitrogen and oxygen atoms in total. The Bertz CT molecular complexity index is 686. The average molecular weight is 402 g/mol. The SMILES string of the molecule is CCc1nc2c(c(NCCCc3c(C)noc3C)n1)CCNCC2.Cl.Cl. The Balaban J connectivity index is 0.00000169. The van der Waals surface area contributed by atoms with Crippen LogP contribution in [0.3, 0.4) is 0 Å². The Labute approximate surface area is 167 Å². The molecule has 8 heteroatoms. The highest BCUT2D eigenvalue weighted by Gasteiger charge is 2.16. The number of anilines is 1. The lowest BCUT2D eigenvalue weighted by atomic mass is 10.1. The van der Waals surface area contributed by atoms with E-state index in [9.17, 15) is 0 Å². The molecule has 2 aromatic rings. The van der Waals surface area contributed by atoms with Crippen LogP contribution < -0.4 is 10.6 Å². The van der Waals surface area contributed by atoms with E-state index in [0.717, 1.165) is 74.8 Å². The van der Waals surface area contributed by atoms with E-state index in [1.807, 2.05) is 13.8 Å². The third-order valence-corrected chi connectivity index (χ3v) is 4.62. The minimum atomic E-state index is 0. The monoisotopic (exact) mass is 401 g/mol. The van der Waals surface area contributed by atoms with Crippen LogP contribution in [0.1, 0.15) is 47.4 Å². The Morgan fingerprint density at radius 2 is 1.88 bits per heavy atom. The van der Waals surface area contributed by atoms with Crippen LogP contribution in [0, 0.1) is 13.8 Å². The fourth-order valence-corrected chi connectivity index (χ4v) is 3.23. The van der Waals surface area contributed by atoms with Gasteiger partial charge in [-0.15, -0.1) is 24.8 Å². The number of nitrogens with zero attached hydrogens (tertiary/aromatic N) is 3. The van der Waals surface area contributed by atoms with Crippen LogP contribution in [0.25, 0.3) is 0 Å². The first-order chi connectivity index (χ1) is 11.7. The van der Waals surface area contributed by atoms with Crippen molar-refractivity contribution in [1.29, 1.82) is 0 Å². The normalized spacial score (nSPS) is 13.2. The maximum atomic E-state index is 5.23. The summed E-state index contributed by atoms with van der Waals surface area (Å²) in [6, 6.07) is 0. The molecule has 2 N–H and O–H groups in total. The van der Waals surface area contributed by atoms with Crippen LogP contribution in [-0.2, 0) is 25.7 Å². The highest BCUT2D eigenvalue weighted by Crippen LogP contribution is 2.20. The first-order valence-corrected chi connectivity index (χ1v) is 8.94. The summed E-state index contributed by atoms with van der Waals surface area (Å²) in [5.41, 5.74) is 4.73. The molecule has 0 saturated carbocycles. The van der Waals surface area contributed by atoms with Crippen LogP contribution in [0.2, 0.25) is 0 Å². The van der Waals surface area contributed by atoms with Gasteiger partial charge < -0.3 is 15.2 Å². The topological polar surface area (TPSA) is 75.9 Å². The van der Waals surface area contributed by atoms with Gasteiger partial charge in [0, 0.05) is 37.1 Å². The third kappa shape index (κ3) is 5.32. The average Bonchev–Trinajstić information content (AvgIpc) is 2.79. The largest absolute Gasteiger partial charge is 0.370 e. The molecule has 1 aliphatic rings. The van der Waals surface area contributed by atoms with Gasteiger partial charge in [-0.2, -0.15) is 0 Å². The van der Waals surface area contributed by atoms with E-state index in [1.165, 1.54) is 16.8 Å².